The van der Waals surface area contributed by atoms with E-state index in [1.807, 2.05) is 30.3 Å². The van der Waals surface area contributed by atoms with Crippen molar-refractivity contribution < 1.29 is 23.1 Å². The second-order valence-corrected chi connectivity index (χ2v) is 10.6. The summed E-state index contributed by atoms with van der Waals surface area (Å²) in [5.41, 5.74) is 6.06. The van der Waals surface area contributed by atoms with Crippen molar-refractivity contribution in [3.8, 4) is 11.3 Å². The quantitative estimate of drug-likeness (QED) is 0.353. The minimum Gasteiger partial charge on any atom is -0.388 e. The smallest absolute Gasteiger partial charge is 0.388 e. The number of alkyl halides is 3. The van der Waals surface area contributed by atoms with E-state index >= 15 is 0 Å². The number of fused-ring (bicyclic) bond motifs is 1. The Morgan fingerprint density at radius 3 is 2.37 bits per heavy atom. The molecule has 0 aliphatic carbocycles. The van der Waals surface area contributed by atoms with Crippen LogP contribution in [0.15, 0.2) is 65.7 Å². The zero-order chi connectivity index (χ0) is 29.4. The number of nitrogens with two attached hydrogens (primary N) is 1. The molecule has 1 aliphatic heterocycles. The van der Waals surface area contributed by atoms with Gasteiger partial charge < -0.3 is 15.7 Å². The summed E-state index contributed by atoms with van der Waals surface area (Å²) in [6.07, 6.45) is -1.55. The number of carbonyl (C=O) groups is 1. The Labute approximate surface area is 234 Å². The van der Waals surface area contributed by atoms with E-state index in [9.17, 15) is 27.9 Å². The summed E-state index contributed by atoms with van der Waals surface area (Å²) in [5.74, 6) is 0.0330. The first-order valence-corrected chi connectivity index (χ1v) is 13.3. The maximum absolute atomic E-state index is 13.3. The molecule has 216 valence electrons. The van der Waals surface area contributed by atoms with Crippen LogP contribution in [0.5, 0.6) is 0 Å². The number of carbonyl (C=O) groups excluding carboxylic acids is 1. The van der Waals surface area contributed by atoms with Crippen molar-refractivity contribution in [1.82, 2.24) is 24.2 Å². The standard InChI is InChI=1S/C29H31F3N6O3/c1-36-25(20-8-10-21(11-9-20)26(33)29(30,31)32)23-24(35-36)27(40)38(18-34-23)17-28(41)13-15-37(16-14-28)22(39)12-7-19-5-3-2-4-6-19/h2-6,8-11,18,26,41H,7,12-17,33H2,1H3. The topological polar surface area (TPSA) is 119 Å². The fraction of sp³-hybridized carbons (Fsp3) is 0.379. The molecule has 1 atom stereocenters. The summed E-state index contributed by atoms with van der Waals surface area (Å²) in [6, 6.07) is 13.2. The number of likely N-dealkylation sites (tertiary alicyclic amines) is 1. The largest absolute Gasteiger partial charge is 0.407 e. The van der Waals surface area contributed by atoms with Crippen LogP contribution in [0.3, 0.4) is 0 Å². The highest BCUT2D eigenvalue weighted by molar-refractivity contribution is 5.89. The predicted molar refractivity (Wildman–Crippen MR) is 147 cm³/mol. The Morgan fingerprint density at radius 2 is 1.73 bits per heavy atom. The van der Waals surface area contributed by atoms with Gasteiger partial charge in [-0.2, -0.15) is 18.3 Å². The van der Waals surface area contributed by atoms with Crippen LogP contribution in [0.4, 0.5) is 13.2 Å². The fourth-order valence-electron chi connectivity index (χ4n) is 5.27. The number of piperidine rings is 1. The molecule has 0 saturated carbocycles. The Morgan fingerprint density at radius 1 is 1.07 bits per heavy atom. The highest BCUT2D eigenvalue weighted by Gasteiger charge is 2.38. The molecule has 12 heteroatoms. The summed E-state index contributed by atoms with van der Waals surface area (Å²) in [6.45, 7) is 0.767. The maximum Gasteiger partial charge on any atom is 0.407 e. The average Bonchev–Trinajstić information content (AvgIpc) is 3.30. The van der Waals surface area contributed by atoms with E-state index < -0.39 is 23.4 Å². The van der Waals surface area contributed by atoms with E-state index in [1.54, 1.807) is 11.9 Å². The first-order chi connectivity index (χ1) is 19.4. The highest BCUT2D eigenvalue weighted by atomic mass is 19.4. The molecule has 9 nitrogen and oxygen atoms in total. The van der Waals surface area contributed by atoms with Crippen LogP contribution >= 0.6 is 0 Å². The molecule has 1 unspecified atom stereocenters. The van der Waals surface area contributed by atoms with Crippen molar-refractivity contribution >= 4 is 16.9 Å². The molecule has 1 saturated heterocycles. The number of aryl methyl sites for hydroxylation is 2. The molecular formula is C29H31F3N6O3. The Kier molecular flexibility index (Phi) is 7.71. The van der Waals surface area contributed by atoms with Crippen LogP contribution in [0.2, 0.25) is 0 Å². The van der Waals surface area contributed by atoms with Gasteiger partial charge in [0, 0.05) is 32.1 Å². The molecule has 0 bridgehead atoms. The number of aliphatic hydroxyl groups is 1. The first-order valence-electron chi connectivity index (χ1n) is 13.3. The lowest BCUT2D eigenvalue weighted by atomic mass is 9.91. The van der Waals surface area contributed by atoms with Crippen LogP contribution in [0, 0.1) is 0 Å². The average molecular weight is 569 g/mol. The van der Waals surface area contributed by atoms with Crippen LogP contribution in [-0.4, -0.2) is 60.1 Å². The molecule has 41 heavy (non-hydrogen) atoms. The van der Waals surface area contributed by atoms with Crippen LogP contribution in [-0.2, 0) is 24.8 Å². The zero-order valence-electron chi connectivity index (χ0n) is 22.5. The van der Waals surface area contributed by atoms with Gasteiger partial charge in [0.15, 0.2) is 5.52 Å². The van der Waals surface area contributed by atoms with Gasteiger partial charge in [-0.3, -0.25) is 18.8 Å². The van der Waals surface area contributed by atoms with Crippen LogP contribution in [0.1, 0.15) is 36.4 Å². The summed E-state index contributed by atoms with van der Waals surface area (Å²) < 4.78 is 41.7. The van der Waals surface area contributed by atoms with Crippen molar-refractivity contribution in [3.63, 3.8) is 0 Å². The summed E-state index contributed by atoms with van der Waals surface area (Å²) in [5, 5.41) is 15.6. The van der Waals surface area contributed by atoms with Crippen molar-refractivity contribution in [1.29, 1.82) is 0 Å². The number of amides is 1. The van der Waals surface area contributed by atoms with Gasteiger partial charge in [-0.15, -0.1) is 0 Å². The molecular weight excluding hydrogens is 537 g/mol. The van der Waals surface area contributed by atoms with Crippen molar-refractivity contribution in [3.05, 3.63) is 82.4 Å². The summed E-state index contributed by atoms with van der Waals surface area (Å²) >= 11 is 0. The summed E-state index contributed by atoms with van der Waals surface area (Å²) in [4.78, 5) is 32.2. The molecule has 1 fully saturated rings. The van der Waals surface area contributed by atoms with E-state index in [0.29, 0.717) is 55.5 Å². The van der Waals surface area contributed by atoms with Crippen LogP contribution < -0.4 is 11.3 Å². The third-order valence-corrected chi connectivity index (χ3v) is 7.69. The second kappa shape index (κ2) is 11.1. The van der Waals surface area contributed by atoms with Gasteiger partial charge in [0.1, 0.15) is 11.6 Å². The Hall–Kier alpha value is -4.03. The fourth-order valence-corrected chi connectivity index (χ4v) is 5.27. The van der Waals surface area contributed by atoms with E-state index in [1.165, 1.54) is 39.8 Å². The molecule has 4 aromatic rings. The zero-order valence-corrected chi connectivity index (χ0v) is 22.5. The second-order valence-electron chi connectivity index (χ2n) is 10.6. The lowest BCUT2D eigenvalue weighted by Crippen LogP contribution is -2.49. The van der Waals surface area contributed by atoms with Gasteiger partial charge in [0.05, 0.1) is 24.2 Å². The number of benzene rings is 2. The molecule has 2 aromatic heterocycles. The predicted octanol–water partition coefficient (Wildman–Crippen LogP) is 3.35. The van der Waals surface area contributed by atoms with E-state index in [2.05, 4.69) is 10.1 Å². The molecule has 0 radical (unpaired) electrons. The van der Waals surface area contributed by atoms with Gasteiger partial charge in [0.25, 0.3) is 5.56 Å². The van der Waals surface area contributed by atoms with Gasteiger partial charge in [-0.05, 0) is 30.4 Å². The molecule has 0 spiro atoms. The lowest BCUT2D eigenvalue weighted by Gasteiger charge is -2.38. The van der Waals surface area contributed by atoms with Crippen molar-refractivity contribution in [2.45, 2.75) is 50.0 Å². The number of aromatic nitrogens is 4. The van der Waals surface area contributed by atoms with Gasteiger partial charge in [0.2, 0.25) is 5.91 Å². The Bertz CT molecular complexity index is 1590. The third kappa shape index (κ3) is 6.03. The van der Waals surface area contributed by atoms with Gasteiger partial charge in [-0.1, -0.05) is 54.6 Å². The SMILES string of the molecule is Cn1nc2c(=O)n(CC3(O)CCN(C(=O)CCc4ccccc4)CC3)cnc2c1-c1ccc(C(N)C(F)(F)F)cc1. The first kappa shape index (κ1) is 28.5. The number of nitrogens with zero attached hydrogens (tertiary/aromatic N) is 5. The molecule has 5 rings (SSSR count). The highest BCUT2D eigenvalue weighted by Crippen LogP contribution is 2.32. The van der Waals surface area contributed by atoms with Gasteiger partial charge in [-0.25, -0.2) is 4.98 Å². The van der Waals surface area contributed by atoms with Crippen molar-refractivity contribution in [2.24, 2.45) is 12.8 Å². The van der Waals surface area contributed by atoms with E-state index in [0.717, 1.165) is 5.56 Å². The molecule has 3 N–H and O–H groups in total. The minimum atomic E-state index is -4.56. The number of hydrogen-bond donors (Lipinski definition) is 2. The van der Waals surface area contributed by atoms with Crippen LogP contribution in [0.25, 0.3) is 22.3 Å². The number of halogens is 3. The monoisotopic (exact) mass is 568 g/mol. The van der Waals surface area contributed by atoms with Crippen molar-refractivity contribution in [2.75, 3.05) is 13.1 Å². The summed E-state index contributed by atoms with van der Waals surface area (Å²) in [7, 11) is 1.62. The molecule has 1 amide bonds. The lowest BCUT2D eigenvalue weighted by molar-refractivity contribution is -0.149. The van der Waals surface area contributed by atoms with E-state index in [-0.39, 0.29) is 23.5 Å². The molecule has 3 heterocycles. The third-order valence-electron chi connectivity index (χ3n) is 7.69. The normalized spacial score (nSPS) is 16.2. The maximum atomic E-state index is 13.3. The molecule has 1 aliphatic rings. The van der Waals surface area contributed by atoms with Gasteiger partial charge >= 0.3 is 6.18 Å². The number of hydrogen-bond acceptors (Lipinski definition) is 6. The van der Waals surface area contributed by atoms with E-state index in [4.69, 9.17) is 5.73 Å². The Balaban J connectivity index is 1.28. The minimum absolute atomic E-state index is 0.00322. The number of rotatable bonds is 7. The molecule has 2 aromatic carbocycles.